The van der Waals surface area contributed by atoms with Crippen molar-refractivity contribution in [1.82, 2.24) is 4.98 Å². The number of phenolic OH excluding ortho intramolecular Hbond substituents is 1. The van der Waals surface area contributed by atoms with E-state index in [4.69, 9.17) is 5.11 Å². The summed E-state index contributed by atoms with van der Waals surface area (Å²) in [6.45, 7) is 0. The number of rotatable bonds is 2. The Morgan fingerprint density at radius 1 is 1.40 bits per heavy atom. The Bertz CT molecular complexity index is 522. The van der Waals surface area contributed by atoms with Crippen molar-refractivity contribution in [3.05, 3.63) is 36.0 Å². The molecule has 15 heavy (non-hydrogen) atoms. The van der Waals surface area contributed by atoms with Gasteiger partial charge in [0.25, 0.3) is 0 Å². The predicted molar refractivity (Wildman–Crippen MR) is 54.7 cm³/mol. The van der Waals surface area contributed by atoms with Crippen LogP contribution in [0.2, 0.25) is 0 Å². The first-order chi connectivity index (χ1) is 7.16. The van der Waals surface area contributed by atoms with E-state index in [1.54, 1.807) is 24.3 Å². The van der Waals surface area contributed by atoms with Gasteiger partial charge in [-0.25, -0.2) is 0 Å². The molecule has 0 aliphatic heterocycles. The second-order valence-corrected chi connectivity index (χ2v) is 3.26. The molecule has 0 fully saturated rings. The molecule has 0 aliphatic carbocycles. The molecule has 4 nitrogen and oxygen atoms in total. The molecule has 0 amide bonds. The maximum absolute atomic E-state index is 10.5. The number of hydrogen-bond acceptors (Lipinski definition) is 3. The van der Waals surface area contributed by atoms with Crippen LogP contribution in [0.4, 0.5) is 0 Å². The standard InChI is InChI=1S/C11H9NO3/c13-10-3-1-2-9-8(10)4-7(6-12-9)5-11(14)15/h1-4,6,13H,5H2,(H,14,15). The minimum absolute atomic E-state index is 0.0860. The van der Waals surface area contributed by atoms with Gasteiger partial charge in [-0.2, -0.15) is 0 Å². The summed E-state index contributed by atoms with van der Waals surface area (Å²) in [6.07, 6.45) is 1.42. The molecule has 2 N–H and O–H groups in total. The van der Waals surface area contributed by atoms with Crippen molar-refractivity contribution >= 4 is 16.9 Å². The summed E-state index contributed by atoms with van der Waals surface area (Å²) in [5.74, 6) is -0.793. The molecule has 76 valence electrons. The van der Waals surface area contributed by atoms with Gasteiger partial charge in [-0.3, -0.25) is 9.78 Å². The molecule has 1 heterocycles. The summed E-state index contributed by atoms with van der Waals surface area (Å²) in [5.41, 5.74) is 1.24. The first kappa shape index (κ1) is 9.45. The van der Waals surface area contributed by atoms with Crippen LogP contribution in [0.15, 0.2) is 30.5 Å². The van der Waals surface area contributed by atoms with Crippen molar-refractivity contribution in [3.8, 4) is 5.75 Å². The molecule has 4 heteroatoms. The molecule has 0 unspecified atom stereocenters. The largest absolute Gasteiger partial charge is 0.507 e. The highest BCUT2D eigenvalue weighted by Gasteiger charge is 2.04. The number of aliphatic carboxylic acids is 1. The number of carboxylic acids is 1. The molecule has 1 aromatic heterocycles. The number of aromatic nitrogens is 1. The van der Waals surface area contributed by atoms with Crippen LogP contribution in [0.5, 0.6) is 5.75 Å². The van der Waals surface area contributed by atoms with Crippen molar-refractivity contribution in [1.29, 1.82) is 0 Å². The van der Waals surface area contributed by atoms with Crippen LogP contribution >= 0.6 is 0 Å². The third kappa shape index (κ3) is 1.88. The highest BCUT2D eigenvalue weighted by atomic mass is 16.4. The minimum atomic E-state index is -0.911. The zero-order chi connectivity index (χ0) is 10.8. The van der Waals surface area contributed by atoms with E-state index in [-0.39, 0.29) is 12.2 Å². The summed E-state index contributed by atoms with van der Waals surface area (Å²) >= 11 is 0. The highest BCUT2D eigenvalue weighted by Crippen LogP contribution is 2.23. The Hall–Kier alpha value is -2.10. The van der Waals surface area contributed by atoms with Gasteiger partial charge >= 0.3 is 5.97 Å². The lowest BCUT2D eigenvalue weighted by atomic mass is 10.1. The van der Waals surface area contributed by atoms with Gasteiger partial charge in [-0.15, -0.1) is 0 Å². The lowest BCUT2D eigenvalue weighted by Gasteiger charge is -2.02. The van der Waals surface area contributed by atoms with E-state index in [1.807, 2.05) is 0 Å². The smallest absolute Gasteiger partial charge is 0.307 e. The molecule has 2 rings (SSSR count). The number of carboxylic acid groups (broad SMARTS) is 1. The van der Waals surface area contributed by atoms with Gasteiger partial charge in [-0.1, -0.05) is 6.07 Å². The van der Waals surface area contributed by atoms with E-state index in [9.17, 15) is 9.90 Å². The molecular weight excluding hydrogens is 194 g/mol. The van der Waals surface area contributed by atoms with Gasteiger partial charge in [0, 0.05) is 11.6 Å². The Balaban J connectivity index is 2.54. The monoisotopic (exact) mass is 203 g/mol. The third-order valence-electron chi connectivity index (χ3n) is 2.11. The maximum Gasteiger partial charge on any atom is 0.307 e. The summed E-state index contributed by atoms with van der Waals surface area (Å²) in [7, 11) is 0. The van der Waals surface area contributed by atoms with Gasteiger partial charge in [0.15, 0.2) is 0 Å². The maximum atomic E-state index is 10.5. The lowest BCUT2D eigenvalue weighted by Crippen LogP contribution is -2.00. The van der Waals surface area contributed by atoms with Gasteiger partial charge in [0.1, 0.15) is 5.75 Å². The second-order valence-electron chi connectivity index (χ2n) is 3.26. The molecule has 0 spiro atoms. The fourth-order valence-electron chi connectivity index (χ4n) is 1.45. The number of nitrogens with zero attached hydrogens (tertiary/aromatic N) is 1. The van der Waals surface area contributed by atoms with E-state index >= 15 is 0 Å². The van der Waals surface area contributed by atoms with Crippen molar-refractivity contribution < 1.29 is 15.0 Å². The second kappa shape index (κ2) is 3.57. The fraction of sp³-hybridized carbons (Fsp3) is 0.0909. The summed E-state index contributed by atoms with van der Waals surface area (Å²) in [6, 6.07) is 6.65. The first-order valence-corrected chi connectivity index (χ1v) is 4.45. The number of benzene rings is 1. The van der Waals surface area contributed by atoms with Crippen molar-refractivity contribution in [2.45, 2.75) is 6.42 Å². The highest BCUT2D eigenvalue weighted by molar-refractivity contribution is 5.85. The minimum Gasteiger partial charge on any atom is -0.507 e. The Morgan fingerprint density at radius 2 is 2.20 bits per heavy atom. The number of phenols is 1. The molecular formula is C11H9NO3. The zero-order valence-electron chi connectivity index (χ0n) is 7.84. The zero-order valence-corrected chi connectivity index (χ0v) is 7.84. The van der Waals surface area contributed by atoms with Crippen LogP contribution in [-0.2, 0) is 11.2 Å². The molecule has 0 saturated carbocycles. The molecule has 1 aromatic carbocycles. The average molecular weight is 203 g/mol. The van der Waals surface area contributed by atoms with E-state index in [2.05, 4.69) is 4.98 Å². The predicted octanol–water partition coefficient (Wildman–Crippen LogP) is 1.57. The SMILES string of the molecule is O=C(O)Cc1cnc2cccc(O)c2c1. The van der Waals surface area contributed by atoms with E-state index in [1.165, 1.54) is 6.20 Å². The third-order valence-corrected chi connectivity index (χ3v) is 2.11. The van der Waals surface area contributed by atoms with Crippen LogP contribution in [0, 0.1) is 0 Å². The number of aromatic hydroxyl groups is 1. The van der Waals surface area contributed by atoms with Crippen molar-refractivity contribution in [2.75, 3.05) is 0 Å². The number of hydrogen-bond donors (Lipinski definition) is 2. The molecule has 0 aliphatic rings. The van der Waals surface area contributed by atoms with Crippen molar-refractivity contribution in [3.63, 3.8) is 0 Å². The Kier molecular flexibility index (Phi) is 2.25. The van der Waals surface area contributed by atoms with Crippen LogP contribution in [0.1, 0.15) is 5.56 Å². The average Bonchev–Trinajstić information content (AvgIpc) is 2.18. The molecule has 0 bridgehead atoms. The van der Waals surface area contributed by atoms with Crippen molar-refractivity contribution in [2.24, 2.45) is 0 Å². The normalized spacial score (nSPS) is 10.4. The van der Waals surface area contributed by atoms with E-state index in [0.717, 1.165) is 0 Å². The Morgan fingerprint density at radius 3 is 2.93 bits per heavy atom. The summed E-state index contributed by atoms with van der Waals surface area (Å²) < 4.78 is 0. The van der Waals surface area contributed by atoms with Gasteiger partial charge < -0.3 is 10.2 Å². The van der Waals surface area contributed by atoms with Crippen LogP contribution in [0.3, 0.4) is 0 Å². The van der Waals surface area contributed by atoms with Crippen LogP contribution < -0.4 is 0 Å². The van der Waals surface area contributed by atoms with E-state index < -0.39 is 5.97 Å². The van der Waals surface area contributed by atoms with Gasteiger partial charge in [0.05, 0.1) is 11.9 Å². The van der Waals surface area contributed by atoms with Crippen LogP contribution in [-0.4, -0.2) is 21.2 Å². The topological polar surface area (TPSA) is 70.4 Å². The summed E-state index contributed by atoms with van der Waals surface area (Å²) in [4.78, 5) is 14.6. The Labute approximate surface area is 85.8 Å². The van der Waals surface area contributed by atoms with Gasteiger partial charge in [0.2, 0.25) is 0 Å². The first-order valence-electron chi connectivity index (χ1n) is 4.45. The summed E-state index contributed by atoms with van der Waals surface area (Å²) in [5, 5.41) is 18.7. The fourth-order valence-corrected chi connectivity index (χ4v) is 1.45. The van der Waals surface area contributed by atoms with Crippen LogP contribution in [0.25, 0.3) is 10.9 Å². The number of fused-ring (bicyclic) bond motifs is 1. The lowest BCUT2D eigenvalue weighted by molar-refractivity contribution is -0.136. The molecule has 0 atom stereocenters. The molecule has 0 radical (unpaired) electrons. The number of pyridine rings is 1. The number of carbonyl (C=O) groups is 1. The quantitative estimate of drug-likeness (QED) is 0.777. The molecule has 0 saturated heterocycles. The van der Waals surface area contributed by atoms with Gasteiger partial charge in [-0.05, 0) is 23.8 Å². The van der Waals surface area contributed by atoms with E-state index in [0.29, 0.717) is 16.5 Å². The molecule has 2 aromatic rings.